The lowest BCUT2D eigenvalue weighted by Gasteiger charge is -2.13. The number of imidazole rings is 1. The van der Waals surface area contributed by atoms with Crippen LogP contribution < -0.4 is 0 Å². The van der Waals surface area contributed by atoms with Gasteiger partial charge in [-0.1, -0.05) is 140 Å². The second-order valence-corrected chi connectivity index (χ2v) is 12.8. The van der Waals surface area contributed by atoms with Crippen LogP contribution in [-0.4, -0.2) is 9.55 Å². The molecule has 0 atom stereocenters. The Morgan fingerprint density at radius 3 is 1.71 bits per heavy atom. The second kappa shape index (κ2) is 10.8. The molecule has 0 radical (unpaired) electrons. The van der Waals surface area contributed by atoms with Gasteiger partial charge < -0.3 is 4.42 Å². The first-order chi connectivity index (χ1) is 24.2. The molecule has 0 saturated heterocycles. The normalized spacial score (nSPS) is 11.8. The highest BCUT2D eigenvalue weighted by molar-refractivity contribution is 6.31. The number of rotatable bonds is 4. The Hall–Kier alpha value is -6.45. The molecule has 2 heterocycles. The number of nitrogens with zero attached hydrogens (tertiary/aromatic N) is 2. The van der Waals surface area contributed by atoms with E-state index in [0.29, 0.717) is 0 Å². The average Bonchev–Trinajstić information content (AvgIpc) is 3.75. The Morgan fingerprint density at radius 1 is 0.449 bits per heavy atom. The molecule has 10 aromatic rings. The molecule has 0 aliphatic heterocycles. The lowest BCUT2D eigenvalue weighted by molar-refractivity contribution is 0.673. The first-order valence-electron chi connectivity index (χ1n) is 16.7. The SMILES string of the molecule is Cc1ccc2c(oc3c4ccccc4c4ccccc4c23)c1-c1nc2ccccc2n1-c1ccc(-c2ccc(-c3ccccc3)cc2)cc1. The third-order valence-corrected chi connectivity index (χ3v) is 9.96. The summed E-state index contributed by atoms with van der Waals surface area (Å²) in [5.41, 5.74) is 11.8. The van der Waals surface area contributed by atoms with E-state index in [4.69, 9.17) is 9.40 Å². The highest BCUT2D eigenvalue weighted by atomic mass is 16.3. The molecule has 0 unspecified atom stereocenters. The summed E-state index contributed by atoms with van der Waals surface area (Å²) in [5, 5.41) is 7.01. The smallest absolute Gasteiger partial charge is 0.149 e. The van der Waals surface area contributed by atoms with E-state index in [1.807, 2.05) is 0 Å². The molecule has 10 rings (SSSR count). The quantitative estimate of drug-likeness (QED) is 0.182. The topological polar surface area (TPSA) is 31.0 Å². The van der Waals surface area contributed by atoms with Crippen LogP contribution in [0.25, 0.3) is 93.8 Å². The van der Waals surface area contributed by atoms with E-state index in [-0.39, 0.29) is 0 Å². The van der Waals surface area contributed by atoms with Crippen LogP contribution in [0.15, 0.2) is 168 Å². The molecule has 3 heteroatoms. The molecule has 0 amide bonds. The van der Waals surface area contributed by atoms with E-state index < -0.39 is 0 Å². The lowest BCUT2D eigenvalue weighted by Crippen LogP contribution is -1.99. The minimum atomic E-state index is 0.864. The van der Waals surface area contributed by atoms with Gasteiger partial charge in [-0.3, -0.25) is 4.57 Å². The maximum Gasteiger partial charge on any atom is 0.149 e. The Labute approximate surface area is 283 Å². The van der Waals surface area contributed by atoms with E-state index in [9.17, 15) is 0 Å². The van der Waals surface area contributed by atoms with Crippen LogP contribution in [0.5, 0.6) is 0 Å². The molecule has 230 valence electrons. The fraction of sp³-hybridized carbons (Fsp3) is 0.0217. The van der Waals surface area contributed by atoms with E-state index >= 15 is 0 Å². The summed E-state index contributed by atoms with van der Waals surface area (Å²) in [6, 6.07) is 58.1. The third kappa shape index (κ3) is 4.26. The number of furan rings is 1. The van der Waals surface area contributed by atoms with Crippen molar-refractivity contribution >= 4 is 54.5 Å². The van der Waals surface area contributed by atoms with Crippen LogP contribution >= 0.6 is 0 Å². The highest BCUT2D eigenvalue weighted by Gasteiger charge is 2.23. The van der Waals surface area contributed by atoms with Crippen LogP contribution in [-0.2, 0) is 0 Å². The summed E-state index contributed by atoms with van der Waals surface area (Å²) < 4.78 is 9.27. The van der Waals surface area contributed by atoms with Gasteiger partial charge in [0.05, 0.1) is 16.6 Å². The van der Waals surface area contributed by atoms with Crippen molar-refractivity contribution in [3.8, 4) is 39.3 Å². The summed E-state index contributed by atoms with van der Waals surface area (Å²) in [5.74, 6) is 0.872. The number of fused-ring (bicyclic) bond motifs is 9. The van der Waals surface area contributed by atoms with Crippen LogP contribution in [0.3, 0.4) is 0 Å². The van der Waals surface area contributed by atoms with Crippen LogP contribution in [0.4, 0.5) is 0 Å². The molecule has 0 saturated carbocycles. The largest absolute Gasteiger partial charge is 0.455 e. The summed E-state index contributed by atoms with van der Waals surface area (Å²) in [6.07, 6.45) is 0. The van der Waals surface area contributed by atoms with E-state index in [1.54, 1.807) is 0 Å². The number of aromatic nitrogens is 2. The maximum atomic E-state index is 6.99. The minimum Gasteiger partial charge on any atom is -0.455 e. The molecule has 0 bridgehead atoms. The first kappa shape index (κ1) is 27.6. The molecule has 0 aliphatic carbocycles. The Kier molecular flexibility index (Phi) is 6.09. The van der Waals surface area contributed by atoms with Crippen LogP contribution in [0, 0.1) is 6.92 Å². The fourth-order valence-electron chi connectivity index (χ4n) is 7.59. The molecule has 3 nitrogen and oxygen atoms in total. The van der Waals surface area contributed by atoms with Gasteiger partial charge in [0, 0.05) is 21.8 Å². The molecule has 8 aromatic carbocycles. The molecular weight excluding hydrogens is 597 g/mol. The summed E-state index contributed by atoms with van der Waals surface area (Å²) in [6.45, 7) is 2.16. The molecule has 0 aliphatic rings. The molecule has 49 heavy (non-hydrogen) atoms. The van der Waals surface area contributed by atoms with Gasteiger partial charge in [-0.2, -0.15) is 0 Å². The molecule has 2 aromatic heterocycles. The van der Waals surface area contributed by atoms with E-state index in [2.05, 4.69) is 175 Å². The van der Waals surface area contributed by atoms with Gasteiger partial charge in [-0.05, 0) is 75.2 Å². The number of benzene rings is 8. The number of hydrogen-bond acceptors (Lipinski definition) is 2. The standard InChI is InChI=1S/C46H30N2O/c1-29-19-28-39-43-37-15-7-5-13-35(37)36-14-6-8-16-38(36)44(43)49-45(39)42(29)46-47-40-17-9-10-18-41(40)48(46)34-26-24-33(25-27-34)32-22-20-31(21-23-32)30-11-3-2-4-12-30/h2-28H,1H3. The molecular formula is C46H30N2O. The molecule has 0 fully saturated rings. The Balaban J connectivity index is 1.17. The summed E-state index contributed by atoms with van der Waals surface area (Å²) in [4.78, 5) is 5.29. The average molecular weight is 627 g/mol. The van der Waals surface area contributed by atoms with Crippen molar-refractivity contribution in [1.29, 1.82) is 0 Å². The number of hydrogen-bond donors (Lipinski definition) is 0. The van der Waals surface area contributed by atoms with Crippen molar-refractivity contribution in [2.75, 3.05) is 0 Å². The van der Waals surface area contributed by atoms with Crippen LogP contribution in [0.1, 0.15) is 5.56 Å². The van der Waals surface area contributed by atoms with Crippen molar-refractivity contribution in [3.63, 3.8) is 0 Å². The van der Waals surface area contributed by atoms with E-state index in [1.165, 1.54) is 38.4 Å². The molecule has 0 N–H and O–H groups in total. The van der Waals surface area contributed by atoms with Crippen molar-refractivity contribution in [3.05, 3.63) is 169 Å². The van der Waals surface area contributed by atoms with Crippen molar-refractivity contribution < 1.29 is 4.42 Å². The zero-order valence-corrected chi connectivity index (χ0v) is 26.9. The highest BCUT2D eigenvalue weighted by Crippen LogP contribution is 2.45. The zero-order valence-electron chi connectivity index (χ0n) is 26.9. The zero-order chi connectivity index (χ0) is 32.5. The van der Waals surface area contributed by atoms with Crippen molar-refractivity contribution in [1.82, 2.24) is 9.55 Å². The molecule has 0 spiro atoms. The van der Waals surface area contributed by atoms with E-state index in [0.717, 1.165) is 61.0 Å². The number of para-hydroxylation sites is 2. The van der Waals surface area contributed by atoms with Gasteiger partial charge >= 0.3 is 0 Å². The van der Waals surface area contributed by atoms with Crippen LogP contribution in [0.2, 0.25) is 0 Å². The van der Waals surface area contributed by atoms with Gasteiger partial charge in [-0.15, -0.1) is 0 Å². The maximum absolute atomic E-state index is 6.99. The Bertz CT molecular complexity index is 2860. The van der Waals surface area contributed by atoms with Gasteiger partial charge in [0.25, 0.3) is 0 Å². The monoisotopic (exact) mass is 626 g/mol. The fourth-order valence-corrected chi connectivity index (χ4v) is 7.59. The predicted octanol–water partition coefficient (Wildman–Crippen LogP) is 12.5. The first-order valence-corrected chi connectivity index (χ1v) is 16.7. The Morgan fingerprint density at radius 2 is 1.00 bits per heavy atom. The van der Waals surface area contributed by atoms with Gasteiger partial charge in [-0.25, -0.2) is 4.98 Å². The second-order valence-electron chi connectivity index (χ2n) is 12.8. The predicted molar refractivity (Wildman–Crippen MR) is 204 cm³/mol. The number of aryl methyl sites for hydroxylation is 1. The van der Waals surface area contributed by atoms with Gasteiger partial charge in [0.2, 0.25) is 0 Å². The van der Waals surface area contributed by atoms with Crippen molar-refractivity contribution in [2.45, 2.75) is 6.92 Å². The summed E-state index contributed by atoms with van der Waals surface area (Å²) >= 11 is 0. The van der Waals surface area contributed by atoms with Gasteiger partial charge in [0.15, 0.2) is 0 Å². The minimum absolute atomic E-state index is 0.864. The summed E-state index contributed by atoms with van der Waals surface area (Å²) in [7, 11) is 0. The third-order valence-electron chi connectivity index (χ3n) is 9.96. The lowest BCUT2D eigenvalue weighted by atomic mass is 9.96. The van der Waals surface area contributed by atoms with Gasteiger partial charge in [0.1, 0.15) is 17.0 Å². The van der Waals surface area contributed by atoms with Crippen molar-refractivity contribution in [2.24, 2.45) is 0 Å².